The number of carbonyl (C=O) groups is 1. The first kappa shape index (κ1) is 11.0. The number of carbonyl (C=O) groups excluding carboxylic acids is 1. The van der Waals surface area contributed by atoms with E-state index in [1.165, 1.54) is 0 Å². The van der Waals surface area contributed by atoms with Crippen molar-refractivity contribution >= 4 is 28.3 Å². The maximum Gasteiger partial charge on any atom is 0.127 e. The van der Waals surface area contributed by atoms with E-state index in [2.05, 4.69) is 15.9 Å². The van der Waals surface area contributed by atoms with Gasteiger partial charge in [0.2, 0.25) is 0 Å². The summed E-state index contributed by atoms with van der Waals surface area (Å²) < 4.78 is 6.16. The van der Waals surface area contributed by atoms with Crippen LogP contribution in [0.15, 0.2) is 28.7 Å². The van der Waals surface area contributed by atoms with E-state index in [-0.39, 0.29) is 0 Å². The number of methoxy groups -OCH3 is 1. The predicted molar refractivity (Wildman–Crippen MR) is 60.4 cm³/mol. The van der Waals surface area contributed by atoms with Crippen LogP contribution in [0.2, 0.25) is 0 Å². The standard InChI is InChI=1S/C11H11BrO2/c1-14-11-8-10(12)6-5-9(11)4-2-3-7-13/h2,4-8H,3H2,1H3. The zero-order chi connectivity index (χ0) is 10.4. The molecular formula is C11H11BrO2. The molecule has 0 spiro atoms. The zero-order valence-electron chi connectivity index (χ0n) is 7.87. The lowest BCUT2D eigenvalue weighted by Crippen LogP contribution is -1.86. The molecule has 0 bridgehead atoms. The van der Waals surface area contributed by atoms with Crippen LogP contribution in [0.3, 0.4) is 0 Å². The van der Waals surface area contributed by atoms with Gasteiger partial charge in [0, 0.05) is 16.5 Å². The summed E-state index contributed by atoms with van der Waals surface area (Å²) >= 11 is 3.36. The summed E-state index contributed by atoms with van der Waals surface area (Å²) in [6.07, 6.45) is 4.97. The minimum Gasteiger partial charge on any atom is -0.496 e. The molecule has 0 amide bonds. The molecule has 0 radical (unpaired) electrons. The SMILES string of the molecule is COc1cc(Br)ccc1C=CCC=O. The summed E-state index contributed by atoms with van der Waals surface area (Å²) in [6, 6.07) is 5.76. The molecule has 0 aliphatic rings. The van der Waals surface area contributed by atoms with E-state index >= 15 is 0 Å². The lowest BCUT2D eigenvalue weighted by atomic mass is 10.2. The summed E-state index contributed by atoms with van der Waals surface area (Å²) in [7, 11) is 1.62. The van der Waals surface area contributed by atoms with Gasteiger partial charge in [-0.3, -0.25) is 0 Å². The van der Waals surface area contributed by atoms with Crippen LogP contribution in [0, 0.1) is 0 Å². The van der Waals surface area contributed by atoms with Gasteiger partial charge in [-0.25, -0.2) is 0 Å². The molecule has 1 aromatic carbocycles. The summed E-state index contributed by atoms with van der Waals surface area (Å²) in [5, 5.41) is 0. The first-order valence-corrected chi connectivity index (χ1v) is 5.01. The lowest BCUT2D eigenvalue weighted by Gasteiger charge is -2.04. The molecule has 0 saturated heterocycles. The Kier molecular flexibility index (Phi) is 4.40. The molecule has 2 nitrogen and oxygen atoms in total. The van der Waals surface area contributed by atoms with Crippen molar-refractivity contribution in [2.45, 2.75) is 6.42 Å². The molecule has 74 valence electrons. The Balaban J connectivity index is 2.90. The van der Waals surface area contributed by atoms with Crippen molar-refractivity contribution in [3.05, 3.63) is 34.3 Å². The van der Waals surface area contributed by atoms with E-state index in [0.29, 0.717) is 6.42 Å². The highest BCUT2D eigenvalue weighted by Crippen LogP contribution is 2.24. The highest BCUT2D eigenvalue weighted by atomic mass is 79.9. The van der Waals surface area contributed by atoms with Crippen molar-refractivity contribution in [2.75, 3.05) is 7.11 Å². The van der Waals surface area contributed by atoms with E-state index < -0.39 is 0 Å². The highest BCUT2D eigenvalue weighted by molar-refractivity contribution is 9.10. The molecule has 0 aliphatic carbocycles. The topological polar surface area (TPSA) is 26.3 Å². The fourth-order valence-electron chi connectivity index (χ4n) is 1.07. The van der Waals surface area contributed by atoms with Gasteiger partial charge in [-0.05, 0) is 12.1 Å². The van der Waals surface area contributed by atoms with E-state index in [1.54, 1.807) is 13.2 Å². The second-order valence-electron chi connectivity index (χ2n) is 2.69. The number of ether oxygens (including phenoxy) is 1. The number of rotatable bonds is 4. The second-order valence-corrected chi connectivity index (χ2v) is 3.61. The van der Waals surface area contributed by atoms with Gasteiger partial charge in [-0.1, -0.05) is 34.1 Å². The van der Waals surface area contributed by atoms with Crippen LogP contribution < -0.4 is 4.74 Å². The minimum atomic E-state index is 0.430. The van der Waals surface area contributed by atoms with Crippen LogP contribution >= 0.6 is 15.9 Å². The molecule has 14 heavy (non-hydrogen) atoms. The largest absolute Gasteiger partial charge is 0.496 e. The van der Waals surface area contributed by atoms with Crippen molar-refractivity contribution in [1.82, 2.24) is 0 Å². The van der Waals surface area contributed by atoms with Crippen molar-refractivity contribution in [3.63, 3.8) is 0 Å². The predicted octanol–water partition coefficient (Wildman–Crippen LogP) is 3.06. The van der Waals surface area contributed by atoms with E-state index in [9.17, 15) is 4.79 Å². The van der Waals surface area contributed by atoms with Gasteiger partial charge < -0.3 is 9.53 Å². The zero-order valence-corrected chi connectivity index (χ0v) is 9.45. The monoisotopic (exact) mass is 254 g/mol. The van der Waals surface area contributed by atoms with Crippen LogP contribution in [0.5, 0.6) is 5.75 Å². The Bertz CT molecular complexity index is 345. The molecule has 0 atom stereocenters. The normalized spacial score (nSPS) is 10.4. The molecule has 0 fully saturated rings. The Morgan fingerprint density at radius 3 is 2.93 bits per heavy atom. The smallest absolute Gasteiger partial charge is 0.127 e. The summed E-state index contributed by atoms with van der Waals surface area (Å²) in [5.74, 6) is 0.793. The van der Waals surface area contributed by atoms with E-state index in [0.717, 1.165) is 22.1 Å². The Morgan fingerprint density at radius 1 is 1.50 bits per heavy atom. The Hall–Kier alpha value is -1.09. The van der Waals surface area contributed by atoms with Gasteiger partial charge in [-0.2, -0.15) is 0 Å². The highest BCUT2D eigenvalue weighted by Gasteiger charge is 1.99. The van der Waals surface area contributed by atoms with Gasteiger partial charge in [0.1, 0.15) is 12.0 Å². The van der Waals surface area contributed by atoms with Crippen molar-refractivity contribution in [1.29, 1.82) is 0 Å². The van der Waals surface area contributed by atoms with Crippen molar-refractivity contribution in [2.24, 2.45) is 0 Å². The summed E-state index contributed by atoms with van der Waals surface area (Å²) in [6.45, 7) is 0. The summed E-state index contributed by atoms with van der Waals surface area (Å²) in [4.78, 5) is 10.1. The fraction of sp³-hybridized carbons (Fsp3) is 0.182. The van der Waals surface area contributed by atoms with Crippen LogP contribution in [0.1, 0.15) is 12.0 Å². The van der Waals surface area contributed by atoms with Crippen LogP contribution in [0.25, 0.3) is 6.08 Å². The Labute approximate surface area is 91.7 Å². The number of hydrogen-bond donors (Lipinski definition) is 0. The molecule has 3 heteroatoms. The van der Waals surface area contributed by atoms with E-state index in [4.69, 9.17) is 4.74 Å². The quantitative estimate of drug-likeness (QED) is 0.773. The maximum atomic E-state index is 10.1. The number of allylic oxidation sites excluding steroid dienone is 1. The van der Waals surface area contributed by atoms with Crippen LogP contribution in [-0.2, 0) is 4.79 Å². The molecule has 0 heterocycles. The third-order valence-corrected chi connectivity index (χ3v) is 2.22. The number of benzene rings is 1. The second kappa shape index (κ2) is 5.60. The third-order valence-electron chi connectivity index (χ3n) is 1.73. The average molecular weight is 255 g/mol. The van der Waals surface area contributed by atoms with Crippen LogP contribution in [-0.4, -0.2) is 13.4 Å². The minimum absolute atomic E-state index is 0.430. The molecule has 0 aliphatic heterocycles. The third kappa shape index (κ3) is 3.00. The van der Waals surface area contributed by atoms with Crippen LogP contribution in [0.4, 0.5) is 0 Å². The van der Waals surface area contributed by atoms with Gasteiger partial charge in [0.15, 0.2) is 0 Å². The molecule has 0 N–H and O–H groups in total. The molecule has 1 aromatic rings. The summed E-state index contributed by atoms with van der Waals surface area (Å²) in [5.41, 5.74) is 0.970. The molecule has 1 rings (SSSR count). The average Bonchev–Trinajstić information content (AvgIpc) is 2.20. The number of hydrogen-bond acceptors (Lipinski definition) is 2. The Morgan fingerprint density at radius 2 is 2.29 bits per heavy atom. The van der Waals surface area contributed by atoms with Gasteiger partial charge in [0.25, 0.3) is 0 Å². The number of aldehydes is 1. The molecule has 0 unspecified atom stereocenters. The number of halogens is 1. The fourth-order valence-corrected chi connectivity index (χ4v) is 1.41. The van der Waals surface area contributed by atoms with Crippen molar-refractivity contribution in [3.8, 4) is 5.75 Å². The molecular weight excluding hydrogens is 244 g/mol. The lowest BCUT2D eigenvalue weighted by molar-refractivity contribution is -0.107. The van der Waals surface area contributed by atoms with Gasteiger partial charge in [0.05, 0.1) is 7.11 Å². The van der Waals surface area contributed by atoms with Crippen molar-refractivity contribution < 1.29 is 9.53 Å². The van der Waals surface area contributed by atoms with Gasteiger partial charge in [-0.15, -0.1) is 0 Å². The molecule has 0 aromatic heterocycles. The first-order chi connectivity index (χ1) is 6.77. The van der Waals surface area contributed by atoms with Gasteiger partial charge >= 0.3 is 0 Å². The first-order valence-electron chi connectivity index (χ1n) is 4.21. The molecule has 0 saturated carbocycles. The van der Waals surface area contributed by atoms with E-state index in [1.807, 2.05) is 24.3 Å². The maximum absolute atomic E-state index is 10.1.